The molecule has 2 N–H and O–H groups in total. The summed E-state index contributed by atoms with van der Waals surface area (Å²) in [7, 11) is 0. The summed E-state index contributed by atoms with van der Waals surface area (Å²) < 4.78 is 0. The Hall–Kier alpha value is -1.18. The van der Waals surface area contributed by atoms with Crippen LogP contribution in [0.15, 0.2) is 23.1 Å². The lowest BCUT2D eigenvalue weighted by atomic mass is 9.96. The van der Waals surface area contributed by atoms with Crippen LogP contribution in [0.5, 0.6) is 0 Å². The highest BCUT2D eigenvalue weighted by Gasteiger charge is 2.16. The molecule has 0 fully saturated rings. The van der Waals surface area contributed by atoms with Crippen LogP contribution in [0.2, 0.25) is 0 Å². The molecule has 0 aliphatic rings. The van der Waals surface area contributed by atoms with Crippen molar-refractivity contribution >= 4 is 17.4 Å². The second-order valence-electron chi connectivity index (χ2n) is 4.52. The molecular weight excluding hydrogens is 256 g/mol. The SMILES string of the molecule is CCC(CC)C(O)CNc1cccc(SC)c1C#N. The van der Waals surface area contributed by atoms with Crippen LogP contribution in [0.25, 0.3) is 0 Å². The molecule has 1 unspecified atom stereocenters. The van der Waals surface area contributed by atoms with E-state index in [1.165, 1.54) is 0 Å². The minimum atomic E-state index is -0.375. The third kappa shape index (κ3) is 4.15. The van der Waals surface area contributed by atoms with Gasteiger partial charge in [-0.15, -0.1) is 11.8 Å². The van der Waals surface area contributed by atoms with Crippen molar-refractivity contribution < 1.29 is 5.11 Å². The molecule has 1 aromatic carbocycles. The number of rotatable bonds is 7. The lowest BCUT2D eigenvalue weighted by Gasteiger charge is -2.21. The molecule has 0 spiro atoms. The lowest BCUT2D eigenvalue weighted by Crippen LogP contribution is -2.27. The number of aliphatic hydroxyl groups excluding tert-OH is 1. The summed E-state index contributed by atoms with van der Waals surface area (Å²) in [6, 6.07) is 7.98. The van der Waals surface area contributed by atoms with Crippen molar-refractivity contribution in [2.24, 2.45) is 5.92 Å². The zero-order valence-electron chi connectivity index (χ0n) is 11.8. The maximum Gasteiger partial charge on any atom is 0.102 e. The van der Waals surface area contributed by atoms with E-state index in [9.17, 15) is 10.4 Å². The van der Waals surface area contributed by atoms with Crippen molar-refractivity contribution in [3.05, 3.63) is 23.8 Å². The van der Waals surface area contributed by atoms with Gasteiger partial charge >= 0.3 is 0 Å². The fraction of sp³-hybridized carbons (Fsp3) is 0.533. The van der Waals surface area contributed by atoms with Crippen molar-refractivity contribution in [3.8, 4) is 6.07 Å². The number of aliphatic hydroxyl groups is 1. The Balaban J connectivity index is 2.76. The molecule has 3 nitrogen and oxygen atoms in total. The second kappa shape index (κ2) is 8.08. The largest absolute Gasteiger partial charge is 0.391 e. The normalized spacial score (nSPS) is 12.2. The van der Waals surface area contributed by atoms with Gasteiger partial charge in [0.2, 0.25) is 0 Å². The Kier molecular flexibility index (Phi) is 6.75. The van der Waals surface area contributed by atoms with Crippen molar-refractivity contribution in [2.45, 2.75) is 37.7 Å². The molecule has 0 saturated carbocycles. The fourth-order valence-electron chi connectivity index (χ4n) is 2.18. The van der Waals surface area contributed by atoms with Gasteiger partial charge in [0.1, 0.15) is 6.07 Å². The van der Waals surface area contributed by atoms with Crippen LogP contribution < -0.4 is 5.32 Å². The average Bonchev–Trinajstić information content (AvgIpc) is 2.45. The molecule has 0 saturated heterocycles. The number of benzene rings is 1. The average molecular weight is 278 g/mol. The van der Waals surface area contributed by atoms with Gasteiger partial charge in [0.05, 0.1) is 17.4 Å². The molecule has 4 heteroatoms. The maximum absolute atomic E-state index is 10.1. The third-order valence-corrected chi connectivity index (χ3v) is 4.23. The Morgan fingerprint density at radius 2 is 2.05 bits per heavy atom. The standard InChI is InChI=1S/C15H22N2OS/c1-4-11(5-2)14(18)10-17-13-7-6-8-15(19-3)12(13)9-16/h6-8,11,14,17-18H,4-5,10H2,1-3H3. The van der Waals surface area contributed by atoms with E-state index in [-0.39, 0.29) is 6.10 Å². The van der Waals surface area contributed by atoms with Gasteiger partial charge in [-0.1, -0.05) is 32.8 Å². The van der Waals surface area contributed by atoms with E-state index in [0.29, 0.717) is 18.0 Å². The van der Waals surface area contributed by atoms with Crippen LogP contribution >= 0.6 is 11.8 Å². The monoisotopic (exact) mass is 278 g/mol. The summed E-state index contributed by atoms with van der Waals surface area (Å²) in [4.78, 5) is 0.963. The molecule has 0 bridgehead atoms. The zero-order chi connectivity index (χ0) is 14.3. The van der Waals surface area contributed by atoms with Gasteiger partial charge in [0, 0.05) is 11.4 Å². The van der Waals surface area contributed by atoms with E-state index in [0.717, 1.165) is 23.4 Å². The number of thioether (sulfide) groups is 1. The quantitative estimate of drug-likeness (QED) is 0.750. The summed E-state index contributed by atoms with van der Waals surface area (Å²) in [6.45, 7) is 4.66. The van der Waals surface area contributed by atoms with Crippen LogP contribution in [-0.4, -0.2) is 24.0 Å². The first-order valence-corrected chi connectivity index (χ1v) is 7.89. The molecule has 0 heterocycles. The first-order valence-electron chi connectivity index (χ1n) is 6.66. The zero-order valence-corrected chi connectivity index (χ0v) is 12.6. The molecule has 0 radical (unpaired) electrons. The molecule has 19 heavy (non-hydrogen) atoms. The number of nitrogens with zero attached hydrogens (tertiary/aromatic N) is 1. The molecule has 104 valence electrons. The highest BCUT2D eigenvalue weighted by atomic mass is 32.2. The van der Waals surface area contributed by atoms with Crippen LogP contribution in [0.3, 0.4) is 0 Å². The molecule has 0 amide bonds. The topological polar surface area (TPSA) is 56.0 Å². The molecule has 0 aromatic heterocycles. The fourth-order valence-corrected chi connectivity index (χ4v) is 2.75. The number of nitriles is 1. The van der Waals surface area contributed by atoms with Crippen LogP contribution in [0.1, 0.15) is 32.3 Å². The molecule has 0 aliphatic carbocycles. The second-order valence-corrected chi connectivity index (χ2v) is 5.37. The van der Waals surface area contributed by atoms with Gasteiger partial charge in [0.25, 0.3) is 0 Å². The van der Waals surface area contributed by atoms with Gasteiger partial charge in [-0.05, 0) is 24.3 Å². The molecular formula is C15H22N2OS. The summed E-state index contributed by atoms with van der Waals surface area (Å²) in [5, 5.41) is 22.5. The number of hydrogen-bond donors (Lipinski definition) is 2. The van der Waals surface area contributed by atoms with Crippen molar-refractivity contribution in [3.63, 3.8) is 0 Å². The minimum Gasteiger partial charge on any atom is -0.391 e. The van der Waals surface area contributed by atoms with Gasteiger partial charge < -0.3 is 10.4 Å². The summed E-state index contributed by atoms with van der Waals surface area (Å²) in [6.07, 6.45) is 3.52. The van der Waals surface area contributed by atoms with E-state index in [4.69, 9.17) is 0 Å². The van der Waals surface area contributed by atoms with E-state index >= 15 is 0 Å². The Labute approximate surface area is 120 Å². The summed E-state index contributed by atoms with van der Waals surface area (Å²) in [5.41, 5.74) is 1.46. The van der Waals surface area contributed by atoms with Crippen molar-refractivity contribution in [1.82, 2.24) is 0 Å². The highest BCUT2D eigenvalue weighted by molar-refractivity contribution is 7.98. The first kappa shape index (κ1) is 15.9. The molecule has 1 aromatic rings. The first-order chi connectivity index (χ1) is 9.17. The minimum absolute atomic E-state index is 0.307. The van der Waals surface area contributed by atoms with Crippen molar-refractivity contribution in [2.75, 3.05) is 18.1 Å². The van der Waals surface area contributed by atoms with E-state index < -0.39 is 0 Å². The van der Waals surface area contributed by atoms with Crippen LogP contribution in [0.4, 0.5) is 5.69 Å². The Bertz CT molecular complexity index is 438. The Morgan fingerprint density at radius 1 is 1.37 bits per heavy atom. The smallest absolute Gasteiger partial charge is 0.102 e. The van der Waals surface area contributed by atoms with Gasteiger partial charge in [-0.2, -0.15) is 5.26 Å². The number of anilines is 1. The van der Waals surface area contributed by atoms with E-state index in [2.05, 4.69) is 25.2 Å². The molecule has 1 rings (SSSR count). The highest BCUT2D eigenvalue weighted by Crippen LogP contribution is 2.26. The van der Waals surface area contributed by atoms with Gasteiger partial charge in [-0.3, -0.25) is 0 Å². The number of hydrogen-bond acceptors (Lipinski definition) is 4. The van der Waals surface area contributed by atoms with E-state index in [1.807, 2.05) is 24.5 Å². The summed E-state index contributed by atoms with van der Waals surface area (Å²) in [5.74, 6) is 0.307. The van der Waals surface area contributed by atoms with Gasteiger partial charge in [0.15, 0.2) is 0 Å². The van der Waals surface area contributed by atoms with E-state index in [1.54, 1.807) is 11.8 Å². The molecule has 1 atom stereocenters. The third-order valence-electron chi connectivity index (χ3n) is 3.45. The number of nitrogens with one attached hydrogen (secondary N) is 1. The predicted octanol–water partition coefficient (Wildman–Crippen LogP) is 3.49. The lowest BCUT2D eigenvalue weighted by molar-refractivity contribution is 0.114. The van der Waals surface area contributed by atoms with Crippen LogP contribution in [0, 0.1) is 17.2 Å². The Morgan fingerprint density at radius 3 is 2.58 bits per heavy atom. The van der Waals surface area contributed by atoms with Gasteiger partial charge in [-0.25, -0.2) is 0 Å². The summed E-state index contributed by atoms with van der Waals surface area (Å²) >= 11 is 1.56. The van der Waals surface area contributed by atoms with Crippen molar-refractivity contribution in [1.29, 1.82) is 5.26 Å². The van der Waals surface area contributed by atoms with Crippen LogP contribution in [-0.2, 0) is 0 Å². The molecule has 0 aliphatic heterocycles. The maximum atomic E-state index is 10.1. The predicted molar refractivity (Wildman–Crippen MR) is 81.5 cm³/mol.